The quantitative estimate of drug-likeness (QED) is 0.165. The number of piperidine rings is 1. The van der Waals surface area contributed by atoms with Gasteiger partial charge in [-0.2, -0.15) is 0 Å². The zero-order valence-corrected chi connectivity index (χ0v) is 22.7. The number of hydrogen-bond acceptors (Lipinski definition) is 12. The van der Waals surface area contributed by atoms with E-state index in [1.165, 1.54) is 19.3 Å². The maximum Gasteiger partial charge on any atom is 0.215 e. The second kappa shape index (κ2) is 13.2. The maximum absolute atomic E-state index is 11.3. The lowest BCUT2D eigenvalue weighted by Gasteiger charge is -2.48. The Bertz CT molecular complexity index is 783. The summed E-state index contributed by atoms with van der Waals surface area (Å²) < 4.78 is 23.9. The number of nitrogens with one attached hydrogen (secondary N) is 2. The van der Waals surface area contributed by atoms with Gasteiger partial charge in [-0.3, -0.25) is 0 Å². The Balaban J connectivity index is 1.33. The van der Waals surface area contributed by atoms with E-state index in [2.05, 4.69) is 10.6 Å². The molecule has 1 aliphatic carbocycles. The van der Waals surface area contributed by atoms with Gasteiger partial charge in [-0.25, -0.2) is 0 Å². The van der Waals surface area contributed by atoms with E-state index in [-0.39, 0.29) is 6.61 Å². The molecule has 3 heterocycles. The lowest BCUT2D eigenvalue weighted by Crippen LogP contribution is -2.68. The molecule has 12 nitrogen and oxygen atoms in total. The number of rotatable bonds is 9. The van der Waals surface area contributed by atoms with Crippen LogP contribution in [0.3, 0.4) is 0 Å². The van der Waals surface area contributed by atoms with E-state index in [0.717, 1.165) is 37.6 Å². The molecule has 1 unspecified atom stereocenters. The van der Waals surface area contributed by atoms with Crippen LogP contribution in [0.5, 0.6) is 0 Å². The SMILES string of the molecule is CN[C@@H]1[C@@H](O)[C@@H](O[C@@H]2C(O)[C@H](O[C@H]3OC(CCCC4CCNCC4)=CC[C@H]3N)[C@@H](N)C[C@H]2N)OC[C@]1(C)O. The smallest absolute Gasteiger partial charge is 0.215 e. The summed E-state index contributed by atoms with van der Waals surface area (Å²) in [5, 5.41) is 38.8. The van der Waals surface area contributed by atoms with Crippen LogP contribution in [0.25, 0.3) is 0 Å². The van der Waals surface area contributed by atoms with Crippen molar-refractivity contribution < 1.29 is 34.3 Å². The first-order valence-corrected chi connectivity index (χ1v) is 14.1. The number of likely N-dealkylation sites (N-methyl/N-ethyl adjacent to an activating group) is 1. The molecule has 2 saturated heterocycles. The number of nitrogens with two attached hydrogens (primary N) is 3. The van der Waals surface area contributed by atoms with Crippen molar-refractivity contribution in [2.45, 2.75) is 119 Å². The molecule has 0 spiro atoms. The molecule has 4 aliphatic rings. The number of allylic oxidation sites excluding steroid dienone is 1. The molecule has 3 fully saturated rings. The average Bonchev–Trinajstić information content (AvgIpc) is 2.88. The van der Waals surface area contributed by atoms with Crippen LogP contribution in [-0.2, 0) is 18.9 Å². The third kappa shape index (κ3) is 7.05. The van der Waals surface area contributed by atoms with E-state index in [4.69, 9.17) is 36.1 Å². The first-order valence-electron chi connectivity index (χ1n) is 14.1. The minimum Gasteiger partial charge on any atom is -0.468 e. The average molecular weight is 544 g/mol. The van der Waals surface area contributed by atoms with E-state index in [0.29, 0.717) is 12.8 Å². The topological polar surface area (TPSA) is 200 Å². The van der Waals surface area contributed by atoms with Crippen LogP contribution < -0.4 is 27.8 Å². The predicted octanol–water partition coefficient (Wildman–Crippen LogP) is -1.64. The van der Waals surface area contributed by atoms with Gasteiger partial charge in [0.25, 0.3) is 0 Å². The first-order chi connectivity index (χ1) is 18.1. The van der Waals surface area contributed by atoms with Gasteiger partial charge in [0.15, 0.2) is 6.29 Å². The fourth-order valence-corrected chi connectivity index (χ4v) is 6.20. The van der Waals surface area contributed by atoms with Gasteiger partial charge in [0.05, 0.1) is 24.4 Å². The van der Waals surface area contributed by atoms with Crippen molar-refractivity contribution >= 4 is 0 Å². The highest BCUT2D eigenvalue weighted by molar-refractivity contribution is 5.04. The van der Waals surface area contributed by atoms with Gasteiger partial charge in [-0.15, -0.1) is 0 Å². The molecule has 0 aromatic rings. The molecule has 4 rings (SSSR count). The second-order valence-corrected chi connectivity index (χ2v) is 11.7. The van der Waals surface area contributed by atoms with Crippen LogP contribution in [-0.4, -0.2) is 109 Å². The van der Waals surface area contributed by atoms with Crippen molar-refractivity contribution in [1.29, 1.82) is 0 Å². The second-order valence-electron chi connectivity index (χ2n) is 11.7. The van der Waals surface area contributed by atoms with Gasteiger partial charge in [0.2, 0.25) is 6.29 Å². The summed E-state index contributed by atoms with van der Waals surface area (Å²) in [6.45, 7) is 3.70. The van der Waals surface area contributed by atoms with Gasteiger partial charge in [0, 0.05) is 18.5 Å². The van der Waals surface area contributed by atoms with Crippen molar-refractivity contribution in [3.05, 3.63) is 11.8 Å². The lowest BCUT2D eigenvalue weighted by molar-refractivity contribution is -0.303. The highest BCUT2D eigenvalue weighted by atomic mass is 16.7. The summed E-state index contributed by atoms with van der Waals surface area (Å²) in [5.74, 6) is 1.62. The van der Waals surface area contributed by atoms with Crippen molar-refractivity contribution in [3.63, 3.8) is 0 Å². The Labute approximate surface area is 225 Å². The van der Waals surface area contributed by atoms with Gasteiger partial charge >= 0.3 is 0 Å². The summed E-state index contributed by atoms with van der Waals surface area (Å²) in [4.78, 5) is 0. The van der Waals surface area contributed by atoms with Crippen molar-refractivity contribution in [1.82, 2.24) is 10.6 Å². The third-order valence-corrected chi connectivity index (χ3v) is 8.51. The largest absolute Gasteiger partial charge is 0.468 e. The molecule has 11 N–H and O–H groups in total. The van der Waals surface area contributed by atoms with Crippen LogP contribution >= 0.6 is 0 Å². The fraction of sp³-hybridized carbons (Fsp3) is 0.923. The lowest BCUT2D eigenvalue weighted by atomic mass is 9.84. The Morgan fingerprint density at radius 1 is 1.05 bits per heavy atom. The summed E-state index contributed by atoms with van der Waals surface area (Å²) in [6.07, 6.45) is 2.42. The van der Waals surface area contributed by atoms with Gasteiger partial charge in [0.1, 0.15) is 30.0 Å². The molecule has 1 saturated carbocycles. The summed E-state index contributed by atoms with van der Waals surface area (Å²) in [7, 11) is 1.64. The number of ether oxygens (including phenoxy) is 4. The molecule has 220 valence electrons. The first kappa shape index (κ1) is 30.1. The molecule has 38 heavy (non-hydrogen) atoms. The Morgan fingerprint density at radius 3 is 2.37 bits per heavy atom. The van der Waals surface area contributed by atoms with Crippen molar-refractivity contribution in [2.75, 3.05) is 26.7 Å². The van der Waals surface area contributed by atoms with Gasteiger partial charge in [-0.1, -0.05) is 0 Å². The van der Waals surface area contributed by atoms with E-state index in [1.54, 1.807) is 14.0 Å². The van der Waals surface area contributed by atoms with E-state index < -0.39 is 66.8 Å². The zero-order chi connectivity index (χ0) is 27.4. The molecule has 0 radical (unpaired) electrons. The molecule has 0 amide bonds. The highest BCUT2D eigenvalue weighted by Crippen LogP contribution is 2.32. The summed E-state index contributed by atoms with van der Waals surface area (Å²) in [5.41, 5.74) is 17.7. The normalized spacial score (nSPS) is 44.9. The standard InChI is InChI=1S/C26H49N5O7/c1-26(34)13-35-25(20(33)23(26)30-2)38-22-18(29)12-17(28)21(19(22)32)37-24-16(27)7-6-15(36-24)5-3-4-14-8-10-31-11-9-14/h6,14,16-25,30-34H,3-5,7-13,27-29H2,1-2H3/t16-,17+,18-,19?,20-,21-,22+,23-,24-,25-,26+/m1/s1. The molecule has 11 atom stereocenters. The Kier molecular flexibility index (Phi) is 10.4. The van der Waals surface area contributed by atoms with Crippen LogP contribution in [0.2, 0.25) is 0 Å². The molecular formula is C26H49N5O7. The van der Waals surface area contributed by atoms with E-state index in [9.17, 15) is 15.3 Å². The minimum absolute atomic E-state index is 0.0603. The fourth-order valence-electron chi connectivity index (χ4n) is 6.20. The van der Waals surface area contributed by atoms with Crippen LogP contribution in [0.15, 0.2) is 11.8 Å². The molecule has 0 aromatic heterocycles. The molecule has 3 aliphatic heterocycles. The number of aliphatic hydroxyl groups excluding tert-OH is 2. The Hall–Kier alpha value is -0.900. The minimum atomic E-state index is -1.29. The zero-order valence-electron chi connectivity index (χ0n) is 22.7. The number of hydrogen-bond donors (Lipinski definition) is 8. The van der Waals surface area contributed by atoms with Crippen molar-refractivity contribution in [2.24, 2.45) is 23.1 Å². The molecular weight excluding hydrogens is 494 g/mol. The van der Waals surface area contributed by atoms with Crippen molar-refractivity contribution in [3.8, 4) is 0 Å². The van der Waals surface area contributed by atoms with Gasteiger partial charge in [-0.05, 0) is 77.6 Å². The van der Waals surface area contributed by atoms with E-state index in [1.807, 2.05) is 6.08 Å². The number of aliphatic hydroxyl groups is 3. The van der Waals surface area contributed by atoms with Gasteiger partial charge < -0.3 is 62.1 Å². The van der Waals surface area contributed by atoms with Crippen LogP contribution in [0, 0.1) is 5.92 Å². The monoisotopic (exact) mass is 543 g/mol. The molecule has 0 aromatic carbocycles. The summed E-state index contributed by atoms with van der Waals surface area (Å²) in [6, 6.07) is -2.27. The summed E-state index contributed by atoms with van der Waals surface area (Å²) >= 11 is 0. The maximum atomic E-state index is 11.3. The highest BCUT2D eigenvalue weighted by Gasteiger charge is 2.50. The predicted molar refractivity (Wildman–Crippen MR) is 141 cm³/mol. The van der Waals surface area contributed by atoms with Crippen LogP contribution in [0.4, 0.5) is 0 Å². The van der Waals surface area contributed by atoms with Crippen LogP contribution in [0.1, 0.15) is 51.9 Å². The molecule has 12 heteroatoms. The molecule has 0 bridgehead atoms. The third-order valence-electron chi connectivity index (χ3n) is 8.51. The Morgan fingerprint density at radius 2 is 1.71 bits per heavy atom. The van der Waals surface area contributed by atoms with E-state index >= 15 is 0 Å².